The second kappa shape index (κ2) is 5.88. The minimum absolute atomic E-state index is 0.169. The number of fused-ring (bicyclic) bond motifs is 3. The van der Waals surface area contributed by atoms with Gasteiger partial charge in [-0.05, 0) is 47.6 Å². The van der Waals surface area contributed by atoms with Crippen LogP contribution in [0.2, 0.25) is 0 Å². The van der Waals surface area contributed by atoms with E-state index >= 15 is 0 Å². The first-order valence-electron chi connectivity index (χ1n) is 8.69. The number of imidazole rings is 1. The molecule has 1 heterocycles. The van der Waals surface area contributed by atoms with Gasteiger partial charge in [0.05, 0.1) is 5.75 Å². The average Bonchev–Trinajstić information content (AvgIpc) is 3.26. The highest BCUT2D eigenvalue weighted by Gasteiger charge is 2.26. The van der Waals surface area contributed by atoms with Gasteiger partial charge in [-0.1, -0.05) is 48.2 Å². The maximum Gasteiger partial charge on any atom is 0.173 e. The average molecular weight is 346 g/mol. The lowest BCUT2D eigenvalue weighted by Crippen LogP contribution is -2.04. The van der Waals surface area contributed by atoms with Crippen molar-refractivity contribution in [1.29, 1.82) is 0 Å². The van der Waals surface area contributed by atoms with Gasteiger partial charge in [-0.25, -0.2) is 4.98 Å². The van der Waals surface area contributed by atoms with Gasteiger partial charge in [0.25, 0.3) is 0 Å². The maximum atomic E-state index is 12.7. The molecule has 3 nitrogen and oxygen atoms in total. The Kier molecular flexibility index (Phi) is 3.52. The summed E-state index contributed by atoms with van der Waals surface area (Å²) in [6.07, 6.45) is 7.27. The zero-order valence-electron chi connectivity index (χ0n) is 13.8. The summed E-state index contributed by atoms with van der Waals surface area (Å²) in [5.41, 5.74) is 5.94. The molecule has 1 aromatic heterocycles. The summed E-state index contributed by atoms with van der Waals surface area (Å²) >= 11 is 1.55. The van der Waals surface area contributed by atoms with Crippen molar-refractivity contribution >= 4 is 17.5 Å². The molecular formula is C21H18N2OS. The van der Waals surface area contributed by atoms with Gasteiger partial charge in [-0.15, -0.1) is 0 Å². The SMILES string of the molecule is O=C(CSc1nccn1C1CC1)c1ccc2c(c1)-c1ccccc1C2. The Balaban J connectivity index is 1.36. The number of hydrogen-bond acceptors (Lipinski definition) is 3. The molecular weight excluding hydrogens is 328 g/mol. The van der Waals surface area contributed by atoms with E-state index < -0.39 is 0 Å². The molecule has 2 aliphatic rings. The Bertz CT molecular complexity index is 972. The van der Waals surface area contributed by atoms with Gasteiger partial charge in [0.1, 0.15) is 0 Å². The summed E-state index contributed by atoms with van der Waals surface area (Å²) in [5.74, 6) is 0.604. The molecule has 3 aromatic rings. The van der Waals surface area contributed by atoms with Crippen molar-refractivity contribution in [3.63, 3.8) is 0 Å². The summed E-state index contributed by atoms with van der Waals surface area (Å²) in [6, 6.07) is 15.2. The van der Waals surface area contributed by atoms with Gasteiger partial charge in [0.15, 0.2) is 10.9 Å². The lowest BCUT2D eigenvalue weighted by Gasteiger charge is -2.07. The fourth-order valence-corrected chi connectivity index (χ4v) is 4.47. The van der Waals surface area contributed by atoms with Gasteiger partial charge in [-0.3, -0.25) is 4.79 Å². The number of ketones is 1. The first-order valence-corrected chi connectivity index (χ1v) is 9.68. The molecule has 0 spiro atoms. The van der Waals surface area contributed by atoms with E-state index in [0.717, 1.165) is 17.1 Å². The van der Waals surface area contributed by atoms with Crippen LogP contribution in [-0.4, -0.2) is 21.1 Å². The number of aromatic nitrogens is 2. The molecule has 1 saturated carbocycles. The summed E-state index contributed by atoms with van der Waals surface area (Å²) in [7, 11) is 0. The molecule has 0 N–H and O–H groups in total. The van der Waals surface area contributed by atoms with E-state index in [-0.39, 0.29) is 5.78 Å². The van der Waals surface area contributed by atoms with Crippen molar-refractivity contribution in [3.05, 3.63) is 71.5 Å². The van der Waals surface area contributed by atoms with Gasteiger partial charge in [0, 0.05) is 24.0 Å². The fraction of sp³-hybridized carbons (Fsp3) is 0.238. The number of benzene rings is 2. The Morgan fingerprint density at radius 3 is 2.84 bits per heavy atom. The molecule has 2 aromatic carbocycles. The Labute approximate surface area is 151 Å². The summed E-state index contributed by atoms with van der Waals surface area (Å²) in [6.45, 7) is 0. The minimum atomic E-state index is 0.169. The quantitative estimate of drug-likeness (QED) is 0.386. The van der Waals surface area contributed by atoms with Crippen molar-refractivity contribution in [1.82, 2.24) is 9.55 Å². The second-order valence-electron chi connectivity index (χ2n) is 6.77. The smallest absolute Gasteiger partial charge is 0.173 e. The number of carbonyl (C=O) groups is 1. The zero-order valence-corrected chi connectivity index (χ0v) is 14.6. The largest absolute Gasteiger partial charge is 0.323 e. The van der Waals surface area contributed by atoms with Crippen LogP contribution in [0.4, 0.5) is 0 Å². The van der Waals surface area contributed by atoms with E-state index in [4.69, 9.17) is 0 Å². The van der Waals surface area contributed by atoms with E-state index in [0.29, 0.717) is 11.8 Å². The van der Waals surface area contributed by atoms with Crippen molar-refractivity contribution in [2.75, 3.05) is 5.75 Å². The molecule has 0 aliphatic heterocycles. The number of hydrogen-bond donors (Lipinski definition) is 0. The third-order valence-electron chi connectivity index (χ3n) is 5.03. The molecule has 25 heavy (non-hydrogen) atoms. The highest BCUT2D eigenvalue weighted by Crippen LogP contribution is 2.38. The third-order valence-corrected chi connectivity index (χ3v) is 6.01. The van der Waals surface area contributed by atoms with Crippen molar-refractivity contribution in [2.24, 2.45) is 0 Å². The molecule has 0 unspecified atom stereocenters. The predicted octanol–water partition coefficient (Wildman–Crippen LogP) is 4.76. The summed E-state index contributed by atoms with van der Waals surface area (Å²) < 4.78 is 2.21. The van der Waals surface area contributed by atoms with Crippen molar-refractivity contribution in [3.8, 4) is 11.1 Å². The Hall–Kier alpha value is -2.33. The molecule has 1 fully saturated rings. The number of nitrogens with zero attached hydrogens (tertiary/aromatic N) is 2. The van der Waals surface area contributed by atoms with Crippen molar-refractivity contribution < 1.29 is 4.79 Å². The van der Waals surface area contributed by atoms with Crippen LogP contribution in [0.25, 0.3) is 11.1 Å². The molecule has 0 radical (unpaired) electrons. The van der Waals surface area contributed by atoms with Gasteiger partial charge >= 0.3 is 0 Å². The van der Waals surface area contributed by atoms with Crippen LogP contribution in [-0.2, 0) is 6.42 Å². The van der Waals surface area contributed by atoms with Gasteiger partial charge in [-0.2, -0.15) is 0 Å². The van der Waals surface area contributed by atoms with Crippen LogP contribution in [0.5, 0.6) is 0 Å². The lowest BCUT2D eigenvalue weighted by molar-refractivity contribution is 0.102. The number of rotatable bonds is 5. The molecule has 0 saturated heterocycles. The molecule has 124 valence electrons. The van der Waals surface area contributed by atoms with Crippen LogP contribution in [0.3, 0.4) is 0 Å². The molecule has 4 heteroatoms. The van der Waals surface area contributed by atoms with Crippen LogP contribution in [0.1, 0.15) is 40.4 Å². The molecule has 2 aliphatic carbocycles. The lowest BCUT2D eigenvalue weighted by atomic mass is 10.0. The summed E-state index contributed by atoms with van der Waals surface area (Å²) in [5, 5.41) is 0.961. The standard InChI is InChI=1S/C21H18N2OS/c24-20(13-25-21-22-9-10-23(21)17-7-8-17)16-6-5-15-11-14-3-1-2-4-18(14)19(15)12-16/h1-6,9-10,12,17H,7-8,11,13H2. The second-order valence-corrected chi connectivity index (χ2v) is 7.71. The van der Waals surface area contributed by atoms with E-state index in [9.17, 15) is 4.79 Å². The molecule has 0 atom stereocenters. The van der Waals surface area contributed by atoms with E-state index in [1.54, 1.807) is 11.8 Å². The molecule has 0 amide bonds. The zero-order chi connectivity index (χ0) is 16.8. The van der Waals surface area contributed by atoms with Crippen LogP contribution in [0, 0.1) is 0 Å². The fourth-order valence-electron chi connectivity index (χ4n) is 3.55. The van der Waals surface area contributed by atoms with Crippen LogP contribution >= 0.6 is 11.8 Å². The number of thioether (sulfide) groups is 1. The number of carbonyl (C=O) groups excluding carboxylic acids is 1. The molecule has 5 rings (SSSR count). The van der Waals surface area contributed by atoms with Gasteiger partial charge in [0.2, 0.25) is 0 Å². The van der Waals surface area contributed by atoms with E-state index in [1.807, 2.05) is 18.5 Å². The van der Waals surface area contributed by atoms with Crippen molar-refractivity contribution in [2.45, 2.75) is 30.5 Å². The first kappa shape index (κ1) is 15.0. The predicted molar refractivity (Wildman–Crippen MR) is 100 cm³/mol. The van der Waals surface area contributed by atoms with Crippen LogP contribution in [0.15, 0.2) is 60.0 Å². The van der Waals surface area contributed by atoms with Crippen LogP contribution < -0.4 is 0 Å². The highest BCUT2D eigenvalue weighted by atomic mass is 32.2. The van der Waals surface area contributed by atoms with E-state index in [1.165, 1.54) is 35.1 Å². The normalized spacial score (nSPS) is 15.0. The monoisotopic (exact) mass is 346 g/mol. The van der Waals surface area contributed by atoms with E-state index in [2.05, 4.69) is 45.9 Å². The molecule has 0 bridgehead atoms. The topological polar surface area (TPSA) is 34.9 Å². The number of Topliss-reactive ketones (excluding diaryl/α,β-unsaturated/α-hetero) is 1. The third kappa shape index (κ3) is 2.71. The Morgan fingerprint density at radius 1 is 1.12 bits per heavy atom. The Morgan fingerprint density at radius 2 is 1.96 bits per heavy atom. The van der Waals surface area contributed by atoms with Gasteiger partial charge < -0.3 is 4.57 Å². The summed E-state index contributed by atoms with van der Waals surface area (Å²) in [4.78, 5) is 17.1. The highest BCUT2D eigenvalue weighted by molar-refractivity contribution is 7.99. The first-order chi connectivity index (χ1) is 12.3. The minimum Gasteiger partial charge on any atom is -0.323 e. The maximum absolute atomic E-state index is 12.7.